The second-order valence-electron chi connectivity index (χ2n) is 5.59. The molecule has 1 unspecified atom stereocenters. The maximum atomic E-state index is 11.4. The van der Waals surface area contributed by atoms with Crippen LogP contribution in [0.3, 0.4) is 0 Å². The van der Waals surface area contributed by atoms with Crippen LogP contribution in [0, 0.1) is 0 Å². The van der Waals surface area contributed by atoms with Crippen LogP contribution in [0.5, 0.6) is 0 Å². The average molecular weight is 267 g/mol. The zero-order chi connectivity index (χ0) is 13.8. The lowest BCUT2D eigenvalue weighted by Crippen LogP contribution is -2.36. The summed E-state index contributed by atoms with van der Waals surface area (Å²) in [6, 6.07) is 20.4. The molecule has 1 aliphatic heterocycles. The molecule has 1 heterocycles. The van der Waals surface area contributed by atoms with E-state index in [1.54, 1.807) is 0 Å². The van der Waals surface area contributed by atoms with E-state index in [4.69, 9.17) is 0 Å². The molecule has 1 aliphatic rings. The normalized spacial score (nSPS) is 19.1. The first-order chi connectivity index (χ1) is 9.79. The van der Waals surface area contributed by atoms with Gasteiger partial charge in [-0.05, 0) is 36.9 Å². The molecule has 0 amide bonds. The van der Waals surface area contributed by atoms with Gasteiger partial charge in [0.1, 0.15) is 5.60 Å². The highest BCUT2D eigenvalue weighted by Gasteiger charge is 2.34. The third-order valence-electron chi connectivity index (χ3n) is 4.21. The Kier molecular flexibility index (Phi) is 3.86. The predicted octanol–water partition coefficient (Wildman–Crippen LogP) is 3.06. The summed E-state index contributed by atoms with van der Waals surface area (Å²) in [4.78, 5) is 0. The Morgan fingerprint density at radius 2 is 1.50 bits per heavy atom. The van der Waals surface area contributed by atoms with E-state index in [-0.39, 0.29) is 0 Å². The fraction of sp³-hybridized carbons (Fsp3) is 0.333. The van der Waals surface area contributed by atoms with Crippen LogP contribution in [-0.2, 0) is 5.60 Å². The topological polar surface area (TPSA) is 32.3 Å². The quantitative estimate of drug-likeness (QED) is 0.892. The maximum absolute atomic E-state index is 11.4. The van der Waals surface area contributed by atoms with Crippen LogP contribution in [0.15, 0.2) is 60.7 Å². The third kappa shape index (κ3) is 2.62. The van der Waals surface area contributed by atoms with E-state index in [0.29, 0.717) is 6.04 Å². The summed E-state index contributed by atoms with van der Waals surface area (Å²) in [5.41, 5.74) is 1.03. The zero-order valence-electron chi connectivity index (χ0n) is 11.6. The number of hydrogen-bond donors (Lipinski definition) is 2. The van der Waals surface area contributed by atoms with E-state index in [0.717, 1.165) is 30.5 Å². The summed E-state index contributed by atoms with van der Waals surface area (Å²) in [5, 5.41) is 14.9. The van der Waals surface area contributed by atoms with Gasteiger partial charge in [0.15, 0.2) is 0 Å². The molecular weight excluding hydrogens is 246 g/mol. The lowest BCUT2D eigenvalue weighted by atomic mass is 9.81. The molecule has 1 atom stereocenters. The molecule has 1 fully saturated rings. The highest BCUT2D eigenvalue weighted by molar-refractivity contribution is 5.36. The van der Waals surface area contributed by atoms with Gasteiger partial charge < -0.3 is 10.4 Å². The molecule has 0 saturated carbocycles. The molecule has 0 radical (unpaired) electrons. The standard InChI is InChI=1S/C18H21NO/c20-18(14-17-12-7-13-19-17,15-8-3-1-4-9-15)16-10-5-2-6-11-16/h1-6,8-11,17,19-20H,7,12-14H2. The summed E-state index contributed by atoms with van der Waals surface area (Å²) < 4.78 is 0. The summed E-state index contributed by atoms with van der Waals surface area (Å²) >= 11 is 0. The van der Waals surface area contributed by atoms with Gasteiger partial charge in [-0.15, -0.1) is 0 Å². The van der Waals surface area contributed by atoms with Crippen LogP contribution in [0.25, 0.3) is 0 Å². The fourth-order valence-corrected chi connectivity index (χ4v) is 3.12. The van der Waals surface area contributed by atoms with Gasteiger partial charge in [0.05, 0.1) is 0 Å². The first-order valence-corrected chi connectivity index (χ1v) is 7.36. The van der Waals surface area contributed by atoms with E-state index in [9.17, 15) is 5.11 Å². The van der Waals surface area contributed by atoms with E-state index < -0.39 is 5.60 Å². The molecule has 2 aromatic carbocycles. The minimum absolute atomic E-state index is 0.389. The number of aliphatic hydroxyl groups is 1. The van der Waals surface area contributed by atoms with E-state index in [1.165, 1.54) is 6.42 Å². The second-order valence-corrected chi connectivity index (χ2v) is 5.59. The van der Waals surface area contributed by atoms with Crippen LogP contribution < -0.4 is 5.32 Å². The van der Waals surface area contributed by atoms with E-state index in [2.05, 4.69) is 5.32 Å². The van der Waals surface area contributed by atoms with Crippen molar-refractivity contribution in [1.82, 2.24) is 5.32 Å². The highest BCUT2D eigenvalue weighted by atomic mass is 16.3. The molecule has 1 saturated heterocycles. The van der Waals surface area contributed by atoms with Gasteiger partial charge in [-0.25, -0.2) is 0 Å². The zero-order valence-corrected chi connectivity index (χ0v) is 11.6. The molecular formula is C18H21NO. The molecule has 0 aliphatic carbocycles. The molecule has 0 bridgehead atoms. The average Bonchev–Trinajstić information content (AvgIpc) is 3.02. The maximum Gasteiger partial charge on any atom is 0.116 e. The number of nitrogens with one attached hydrogen (secondary N) is 1. The second kappa shape index (κ2) is 5.78. The van der Waals surface area contributed by atoms with Crippen molar-refractivity contribution >= 4 is 0 Å². The highest BCUT2D eigenvalue weighted by Crippen LogP contribution is 2.35. The van der Waals surface area contributed by atoms with Crippen LogP contribution in [0.1, 0.15) is 30.4 Å². The summed E-state index contributed by atoms with van der Waals surface area (Å²) in [7, 11) is 0. The smallest absolute Gasteiger partial charge is 0.116 e. The third-order valence-corrected chi connectivity index (χ3v) is 4.21. The lowest BCUT2D eigenvalue weighted by Gasteiger charge is -2.32. The molecule has 2 aromatic rings. The first kappa shape index (κ1) is 13.3. The Balaban J connectivity index is 1.98. The van der Waals surface area contributed by atoms with Crippen molar-refractivity contribution < 1.29 is 5.11 Å². The van der Waals surface area contributed by atoms with Gasteiger partial charge in [0.25, 0.3) is 0 Å². The van der Waals surface area contributed by atoms with Crippen molar-refractivity contribution in [3.05, 3.63) is 71.8 Å². The summed E-state index contributed by atoms with van der Waals surface area (Å²) in [6.45, 7) is 1.06. The summed E-state index contributed by atoms with van der Waals surface area (Å²) in [6.07, 6.45) is 3.06. The predicted molar refractivity (Wildman–Crippen MR) is 81.5 cm³/mol. The van der Waals surface area contributed by atoms with Gasteiger partial charge in [0.2, 0.25) is 0 Å². The first-order valence-electron chi connectivity index (χ1n) is 7.36. The number of benzene rings is 2. The van der Waals surface area contributed by atoms with Crippen molar-refractivity contribution in [2.75, 3.05) is 6.54 Å². The van der Waals surface area contributed by atoms with Crippen molar-refractivity contribution in [1.29, 1.82) is 0 Å². The molecule has 2 nitrogen and oxygen atoms in total. The Bertz CT molecular complexity index is 492. The monoisotopic (exact) mass is 267 g/mol. The van der Waals surface area contributed by atoms with Crippen molar-refractivity contribution in [3.63, 3.8) is 0 Å². The number of hydrogen-bond acceptors (Lipinski definition) is 2. The van der Waals surface area contributed by atoms with Crippen molar-refractivity contribution in [3.8, 4) is 0 Å². The molecule has 0 aromatic heterocycles. The minimum atomic E-state index is -0.912. The van der Waals surface area contributed by atoms with Crippen LogP contribution in [0.2, 0.25) is 0 Å². The molecule has 104 valence electrons. The molecule has 20 heavy (non-hydrogen) atoms. The minimum Gasteiger partial charge on any atom is -0.380 e. The molecule has 3 rings (SSSR count). The van der Waals surface area contributed by atoms with Gasteiger partial charge in [-0.3, -0.25) is 0 Å². The van der Waals surface area contributed by atoms with Gasteiger partial charge >= 0.3 is 0 Å². The van der Waals surface area contributed by atoms with Crippen LogP contribution >= 0.6 is 0 Å². The number of rotatable bonds is 4. The van der Waals surface area contributed by atoms with Crippen LogP contribution in [-0.4, -0.2) is 17.7 Å². The largest absolute Gasteiger partial charge is 0.380 e. The molecule has 2 heteroatoms. The van der Waals surface area contributed by atoms with E-state index in [1.807, 2.05) is 60.7 Å². The van der Waals surface area contributed by atoms with Crippen molar-refractivity contribution in [2.45, 2.75) is 30.9 Å². The van der Waals surface area contributed by atoms with Crippen LogP contribution in [0.4, 0.5) is 0 Å². The summed E-state index contributed by atoms with van der Waals surface area (Å²) in [5.74, 6) is 0. The molecule has 2 N–H and O–H groups in total. The Hall–Kier alpha value is -1.64. The Morgan fingerprint density at radius 1 is 0.950 bits per heavy atom. The fourth-order valence-electron chi connectivity index (χ4n) is 3.12. The Labute approximate surface area is 120 Å². The molecule has 0 spiro atoms. The Morgan fingerprint density at radius 3 is 1.95 bits per heavy atom. The SMILES string of the molecule is OC(CC1CCCN1)(c1ccccc1)c1ccccc1. The lowest BCUT2D eigenvalue weighted by molar-refractivity contribution is 0.0611. The van der Waals surface area contributed by atoms with E-state index >= 15 is 0 Å². The van der Waals surface area contributed by atoms with Gasteiger partial charge in [-0.1, -0.05) is 60.7 Å². The van der Waals surface area contributed by atoms with Gasteiger partial charge in [0, 0.05) is 6.04 Å². The van der Waals surface area contributed by atoms with Crippen molar-refractivity contribution in [2.24, 2.45) is 0 Å². The van der Waals surface area contributed by atoms with Gasteiger partial charge in [-0.2, -0.15) is 0 Å².